The van der Waals surface area contributed by atoms with Crippen molar-refractivity contribution in [3.05, 3.63) is 48.0 Å². The molecular formula is C15H19N3O2. The maximum Gasteiger partial charge on any atom is 0.127 e. The third-order valence-corrected chi connectivity index (χ3v) is 3.12. The van der Waals surface area contributed by atoms with E-state index in [1.54, 1.807) is 32.8 Å². The summed E-state index contributed by atoms with van der Waals surface area (Å²) in [7, 11) is 3.30. The van der Waals surface area contributed by atoms with Crippen molar-refractivity contribution in [1.82, 2.24) is 15.3 Å². The molecule has 1 aromatic carbocycles. The molecule has 5 heteroatoms. The van der Waals surface area contributed by atoms with E-state index >= 15 is 0 Å². The van der Waals surface area contributed by atoms with Gasteiger partial charge in [0.05, 0.1) is 19.9 Å². The third-order valence-electron chi connectivity index (χ3n) is 3.12. The van der Waals surface area contributed by atoms with Crippen molar-refractivity contribution in [3.8, 4) is 11.5 Å². The second kappa shape index (κ2) is 6.86. The minimum atomic E-state index is 0.121. The summed E-state index contributed by atoms with van der Waals surface area (Å²) in [6.45, 7) is 2.74. The van der Waals surface area contributed by atoms with E-state index in [4.69, 9.17) is 9.47 Å². The SMILES string of the molecule is COc1ccc(CNC(C)c2cnccn2)c(OC)c1. The Morgan fingerprint density at radius 2 is 2.05 bits per heavy atom. The predicted octanol–water partition coefficient (Wildman–Crippen LogP) is 2.34. The largest absolute Gasteiger partial charge is 0.497 e. The maximum atomic E-state index is 5.38. The first-order chi connectivity index (χ1) is 9.74. The van der Waals surface area contributed by atoms with Gasteiger partial charge in [-0.2, -0.15) is 0 Å². The van der Waals surface area contributed by atoms with E-state index in [1.807, 2.05) is 18.2 Å². The molecule has 1 aromatic heterocycles. The van der Waals surface area contributed by atoms with E-state index in [9.17, 15) is 0 Å². The van der Waals surface area contributed by atoms with Gasteiger partial charge in [-0.3, -0.25) is 9.97 Å². The molecule has 2 aromatic rings. The lowest BCUT2D eigenvalue weighted by molar-refractivity contribution is 0.388. The number of aromatic nitrogens is 2. The molecule has 2 rings (SSSR count). The fraction of sp³-hybridized carbons (Fsp3) is 0.333. The van der Waals surface area contributed by atoms with Gasteiger partial charge in [-0.15, -0.1) is 0 Å². The van der Waals surface area contributed by atoms with Crippen molar-refractivity contribution >= 4 is 0 Å². The first-order valence-corrected chi connectivity index (χ1v) is 6.44. The van der Waals surface area contributed by atoms with E-state index < -0.39 is 0 Å². The van der Waals surface area contributed by atoms with Crippen LogP contribution in [0.15, 0.2) is 36.8 Å². The van der Waals surface area contributed by atoms with Gasteiger partial charge in [-0.1, -0.05) is 6.07 Å². The van der Waals surface area contributed by atoms with Crippen LogP contribution in [0, 0.1) is 0 Å². The number of ether oxygens (including phenoxy) is 2. The van der Waals surface area contributed by atoms with Gasteiger partial charge in [0.1, 0.15) is 11.5 Å². The molecular weight excluding hydrogens is 254 g/mol. The van der Waals surface area contributed by atoms with E-state index in [2.05, 4.69) is 22.2 Å². The Morgan fingerprint density at radius 1 is 1.20 bits per heavy atom. The average Bonchev–Trinajstić information content (AvgIpc) is 2.53. The molecule has 1 atom stereocenters. The van der Waals surface area contributed by atoms with Gasteiger partial charge in [0, 0.05) is 42.8 Å². The molecule has 0 spiro atoms. The Labute approximate surface area is 119 Å². The molecule has 106 valence electrons. The standard InChI is InChI=1S/C15H19N3O2/c1-11(14-10-16-6-7-17-14)18-9-12-4-5-13(19-2)8-15(12)20-3/h4-8,10-11,18H,9H2,1-3H3. The number of rotatable bonds is 6. The first-order valence-electron chi connectivity index (χ1n) is 6.44. The van der Waals surface area contributed by atoms with Crippen molar-refractivity contribution in [3.63, 3.8) is 0 Å². The minimum absolute atomic E-state index is 0.121. The number of hydrogen-bond donors (Lipinski definition) is 1. The minimum Gasteiger partial charge on any atom is -0.497 e. The van der Waals surface area contributed by atoms with Gasteiger partial charge in [0.2, 0.25) is 0 Å². The summed E-state index contributed by atoms with van der Waals surface area (Å²) in [5, 5.41) is 3.40. The van der Waals surface area contributed by atoms with E-state index in [0.717, 1.165) is 22.8 Å². The Hall–Kier alpha value is -2.14. The lowest BCUT2D eigenvalue weighted by Gasteiger charge is -2.15. The summed E-state index contributed by atoms with van der Waals surface area (Å²) >= 11 is 0. The van der Waals surface area contributed by atoms with Crippen LogP contribution in [0.1, 0.15) is 24.2 Å². The molecule has 1 heterocycles. The lowest BCUT2D eigenvalue weighted by Crippen LogP contribution is -2.19. The van der Waals surface area contributed by atoms with Crippen molar-refractivity contribution < 1.29 is 9.47 Å². The summed E-state index contributed by atoms with van der Waals surface area (Å²) in [6.07, 6.45) is 5.13. The van der Waals surface area contributed by atoms with Crippen LogP contribution >= 0.6 is 0 Å². The quantitative estimate of drug-likeness (QED) is 0.875. The summed E-state index contributed by atoms with van der Waals surface area (Å²) < 4.78 is 10.6. The Kier molecular flexibility index (Phi) is 4.90. The van der Waals surface area contributed by atoms with Gasteiger partial charge < -0.3 is 14.8 Å². The van der Waals surface area contributed by atoms with Crippen LogP contribution in [0.3, 0.4) is 0 Å². The van der Waals surface area contributed by atoms with E-state index in [1.165, 1.54) is 0 Å². The number of benzene rings is 1. The molecule has 20 heavy (non-hydrogen) atoms. The highest BCUT2D eigenvalue weighted by molar-refractivity contribution is 5.40. The second-order valence-corrected chi connectivity index (χ2v) is 4.41. The highest BCUT2D eigenvalue weighted by atomic mass is 16.5. The molecule has 0 saturated heterocycles. The first kappa shape index (κ1) is 14.3. The molecule has 0 amide bonds. The van der Waals surface area contributed by atoms with E-state index in [0.29, 0.717) is 6.54 Å². The normalized spacial score (nSPS) is 11.9. The lowest BCUT2D eigenvalue weighted by atomic mass is 10.1. The molecule has 5 nitrogen and oxygen atoms in total. The van der Waals surface area contributed by atoms with Gasteiger partial charge in [0.15, 0.2) is 0 Å². The average molecular weight is 273 g/mol. The zero-order valence-electron chi connectivity index (χ0n) is 12.0. The number of nitrogens with one attached hydrogen (secondary N) is 1. The highest BCUT2D eigenvalue weighted by Crippen LogP contribution is 2.24. The van der Waals surface area contributed by atoms with Crippen molar-refractivity contribution in [2.75, 3.05) is 14.2 Å². The topological polar surface area (TPSA) is 56.3 Å². The predicted molar refractivity (Wildman–Crippen MR) is 76.8 cm³/mol. The van der Waals surface area contributed by atoms with E-state index in [-0.39, 0.29) is 6.04 Å². The summed E-state index contributed by atoms with van der Waals surface area (Å²) in [5.41, 5.74) is 1.99. The number of methoxy groups -OCH3 is 2. The monoisotopic (exact) mass is 273 g/mol. The van der Waals surface area contributed by atoms with Crippen LogP contribution in [0.5, 0.6) is 11.5 Å². The van der Waals surface area contributed by atoms with Gasteiger partial charge in [-0.05, 0) is 13.0 Å². The van der Waals surface area contributed by atoms with Crippen LogP contribution in [0.2, 0.25) is 0 Å². The van der Waals surface area contributed by atoms with Gasteiger partial charge >= 0.3 is 0 Å². The fourth-order valence-electron chi connectivity index (χ4n) is 1.90. The molecule has 0 bridgehead atoms. The Bertz CT molecular complexity index is 546. The zero-order valence-corrected chi connectivity index (χ0v) is 12.0. The molecule has 1 unspecified atom stereocenters. The van der Waals surface area contributed by atoms with Gasteiger partial charge in [0.25, 0.3) is 0 Å². The second-order valence-electron chi connectivity index (χ2n) is 4.41. The molecule has 0 radical (unpaired) electrons. The number of hydrogen-bond acceptors (Lipinski definition) is 5. The molecule has 0 aliphatic rings. The third kappa shape index (κ3) is 3.45. The Balaban J connectivity index is 2.03. The molecule has 0 aliphatic carbocycles. The highest BCUT2D eigenvalue weighted by Gasteiger charge is 2.09. The summed E-state index contributed by atoms with van der Waals surface area (Å²) in [4.78, 5) is 8.36. The smallest absolute Gasteiger partial charge is 0.127 e. The van der Waals surface area contributed by atoms with Crippen molar-refractivity contribution in [1.29, 1.82) is 0 Å². The van der Waals surface area contributed by atoms with Crippen LogP contribution in [-0.4, -0.2) is 24.2 Å². The summed E-state index contributed by atoms with van der Waals surface area (Å²) in [5.74, 6) is 1.59. The fourth-order valence-corrected chi connectivity index (χ4v) is 1.90. The summed E-state index contributed by atoms with van der Waals surface area (Å²) in [6, 6.07) is 5.92. The van der Waals surface area contributed by atoms with Crippen LogP contribution < -0.4 is 14.8 Å². The Morgan fingerprint density at radius 3 is 2.70 bits per heavy atom. The van der Waals surface area contributed by atoms with Crippen LogP contribution in [0.4, 0.5) is 0 Å². The van der Waals surface area contributed by atoms with Crippen molar-refractivity contribution in [2.45, 2.75) is 19.5 Å². The molecule has 0 aliphatic heterocycles. The molecule has 0 saturated carbocycles. The maximum absolute atomic E-state index is 5.38. The van der Waals surface area contributed by atoms with Gasteiger partial charge in [-0.25, -0.2) is 0 Å². The van der Waals surface area contributed by atoms with Crippen molar-refractivity contribution in [2.24, 2.45) is 0 Å². The zero-order chi connectivity index (χ0) is 14.4. The van der Waals surface area contributed by atoms with Crippen LogP contribution in [-0.2, 0) is 6.54 Å². The molecule has 1 N–H and O–H groups in total. The molecule has 0 fully saturated rings. The van der Waals surface area contributed by atoms with Crippen LogP contribution in [0.25, 0.3) is 0 Å². The number of nitrogens with zero attached hydrogens (tertiary/aromatic N) is 2.